The quantitative estimate of drug-likeness (QED) is 0.350. The molecule has 0 aliphatic rings. The Balaban J connectivity index is 1.60. The summed E-state index contributed by atoms with van der Waals surface area (Å²) in [6, 6.07) is 16.1. The van der Waals surface area contributed by atoms with Gasteiger partial charge in [0, 0.05) is 23.7 Å². The number of rotatable bonds is 10. The zero-order chi connectivity index (χ0) is 27.4. The summed E-state index contributed by atoms with van der Waals surface area (Å²) in [7, 11) is -7.37. The number of carbonyl (C=O) groups is 1. The monoisotopic (exact) mass is 563 g/mol. The van der Waals surface area contributed by atoms with Gasteiger partial charge in [-0.3, -0.25) is 13.8 Å². The number of hydrogen-bond donors (Lipinski definition) is 2. The Kier molecular flexibility index (Phi) is 8.88. The Morgan fingerprint density at radius 2 is 1.51 bits per heavy atom. The summed E-state index contributed by atoms with van der Waals surface area (Å²) in [5.74, 6) is -0.308. The van der Waals surface area contributed by atoms with Crippen molar-refractivity contribution in [2.24, 2.45) is 0 Å². The standard InChI is InChI=1S/C26H30ClN3O5S2/c1-18-8-12-23(16-20(18)3)30(36(4,32)33)15-5-6-26(31)28-22-10-13-24(14-11-22)37(34,35)29-25-17-21(27)9-7-19(25)2/h7-14,16-17,29H,5-6,15H2,1-4H3,(H,28,31). The van der Waals surface area contributed by atoms with Crippen molar-refractivity contribution in [3.05, 3.63) is 82.4 Å². The van der Waals surface area contributed by atoms with E-state index >= 15 is 0 Å². The fraction of sp³-hybridized carbons (Fsp3) is 0.269. The van der Waals surface area contributed by atoms with Crippen molar-refractivity contribution >= 4 is 54.6 Å². The third-order valence-corrected chi connectivity index (χ3v) is 8.65. The minimum Gasteiger partial charge on any atom is -0.326 e. The van der Waals surface area contributed by atoms with E-state index in [2.05, 4.69) is 10.0 Å². The van der Waals surface area contributed by atoms with Crippen LogP contribution in [0.2, 0.25) is 5.02 Å². The summed E-state index contributed by atoms with van der Waals surface area (Å²) < 4.78 is 54.0. The molecule has 37 heavy (non-hydrogen) atoms. The summed E-state index contributed by atoms with van der Waals surface area (Å²) in [6.45, 7) is 5.79. The molecule has 8 nitrogen and oxygen atoms in total. The first-order valence-electron chi connectivity index (χ1n) is 11.5. The lowest BCUT2D eigenvalue weighted by Crippen LogP contribution is -2.31. The molecule has 0 radical (unpaired) electrons. The van der Waals surface area contributed by atoms with Crippen molar-refractivity contribution in [1.29, 1.82) is 0 Å². The molecular weight excluding hydrogens is 534 g/mol. The highest BCUT2D eigenvalue weighted by Gasteiger charge is 2.19. The SMILES string of the molecule is Cc1ccc(N(CCCC(=O)Nc2ccc(S(=O)(=O)Nc3cc(Cl)ccc3C)cc2)S(C)(=O)=O)cc1C. The van der Waals surface area contributed by atoms with Crippen LogP contribution < -0.4 is 14.3 Å². The molecule has 0 unspecified atom stereocenters. The van der Waals surface area contributed by atoms with Crippen LogP contribution in [0.15, 0.2) is 65.6 Å². The van der Waals surface area contributed by atoms with Gasteiger partial charge >= 0.3 is 0 Å². The number of anilines is 3. The molecule has 0 heterocycles. The van der Waals surface area contributed by atoms with Crippen LogP contribution in [0.5, 0.6) is 0 Å². The van der Waals surface area contributed by atoms with Gasteiger partial charge in [0.1, 0.15) is 0 Å². The lowest BCUT2D eigenvalue weighted by molar-refractivity contribution is -0.116. The first kappa shape index (κ1) is 28.5. The maximum Gasteiger partial charge on any atom is 0.261 e. The average Bonchev–Trinajstić information content (AvgIpc) is 2.80. The summed E-state index contributed by atoms with van der Waals surface area (Å²) in [6.07, 6.45) is 1.54. The topological polar surface area (TPSA) is 113 Å². The van der Waals surface area contributed by atoms with Crippen molar-refractivity contribution in [1.82, 2.24) is 0 Å². The summed E-state index contributed by atoms with van der Waals surface area (Å²) in [5, 5.41) is 3.13. The molecule has 0 aliphatic carbocycles. The Hall–Kier alpha value is -3.08. The molecule has 0 saturated heterocycles. The molecule has 2 N–H and O–H groups in total. The van der Waals surface area contributed by atoms with Crippen LogP contribution >= 0.6 is 11.6 Å². The molecule has 0 aromatic heterocycles. The lowest BCUT2D eigenvalue weighted by Gasteiger charge is -2.23. The highest BCUT2D eigenvalue weighted by atomic mass is 35.5. The highest BCUT2D eigenvalue weighted by Crippen LogP contribution is 2.25. The summed E-state index contributed by atoms with van der Waals surface area (Å²) in [4.78, 5) is 12.5. The molecule has 3 aromatic rings. The predicted octanol–water partition coefficient (Wildman–Crippen LogP) is 5.25. The predicted molar refractivity (Wildman–Crippen MR) is 149 cm³/mol. The van der Waals surface area contributed by atoms with E-state index in [0.29, 0.717) is 28.5 Å². The largest absolute Gasteiger partial charge is 0.326 e. The van der Waals surface area contributed by atoms with Gasteiger partial charge in [-0.15, -0.1) is 0 Å². The second-order valence-corrected chi connectivity index (χ2v) is 12.9. The van der Waals surface area contributed by atoms with E-state index in [0.717, 1.165) is 22.9 Å². The third-order valence-electron chi connectivity index (χ3n) is 5.84. The highest BCUT2D eigenvalue weighted by molar-refractivity contribution is 7.92. The van der Waals surface area contributed by atoms with Crippen molar-refractivity contribution in [3.8, 4) is 0 Å². The minimum absolute atomic E-state index is 0.0297. The van der Waals surface area contributed by atoms with Crippen LogP contribution in [0, 0.1) is 20.8 Å². The van der Waals surface area contributed by atoms with Gasteiger partial charge in [-0.2, -0.15) is 0 Å². The number of benzene rings is 3. The molecule has 0 spiro atoms. The molecule has 0 atom stereocenters. The van der Waals surface area contributed by atoms with Gasteiger partial charge in [0.15, 0.2) is 0 Å². The Labute approximate surface area is 223 Å². The average molecular weight is 564 g/mol. The first-order valence-corrected chi connectivity index (χ1v) is 15.2. The number of nitrogens with zero attached hydrogens (tertiary/aromatic N) is 1. The Bertz CT molecular complexity index is 1510. The van der Waals surface area contributed by atoms with Crippen molar-refractivity contribution in [2.45, 2.75) is 38.5 Å². The van der Waals surface area contributed by atoms with Gasteiger partial charge in [-0.05, 0) is 92.4 Å². The normalized spacial score (nSPS) is 11.7. The van der Waals surface area contributed by atoms with Crippen LogP contribution in [-0.4, -0.2) is 35.5 Å². The first-order chi connectivity index (χ1) is 17.3. The fourth-order valence-corrected chi connectivity index (χ4v) is 5.85. The van der Waals surface area contributed by atoms with Crippen LogP contribution in [0.4, 0.5) is 17.1 Å². The molecule has 0 aliphatic heterocycles. The van der Waals surface area contributed by atoms with Gasteiger partial charge < -0.3 is 5.32 Å². The Morgan fingerprint density at radius 1 is 0.865 bits per heavy atom. The molecule has 0 fully saturated rings. The molecule has 198 valence electrons. The second kappa shape index (κ2) is 11.5. The number of carbonyl (C=O) groups excluding carboxylic acids is 1. The van der Waals surface area contributed by atoms with Crippen LogP contribution in [0.3, 0.4) is 0 Å². The number of nitrogens with one attached hydrogen (secondary N) is 2. The molecular formula is C26H30ClN3O5S2. The van der Waals surface area contributed by atoms with Crippen molar-refractivity contribution < 1.29 is 21.6 Å². The van der Waals surface area contributed by atoms with Crippen molar-refractivity contribution in [3.63, 3.8) is 0 Å². The number of aryl methyl sites for hydroxylation is 3. The molecule has 0 bridgehead atoms. The second-order valence-electron chi connectivity index (χ2n) is 8.84. The van der Waals surface area contributed by atoms with Crippen LogP contribution in [0.25, 0.3) is 0 Å². The van der Waals surface area contributed by atoms with E-state index < -0.39 is 20.0 Å². The number of hydrogen-bond acceptors (Lipinski definition) is 5. The van der Waals surface area contributed by atoms with Gasteiger partial charge in [0.2, 0.25) is 15.9 Å². The third kappa shape index (κ3) is 7.70. The number of halogens is 1. The zero-order valence-electron chi connectivity index (χ0n) is 21.1. The van der Waals surface area contributed by atoms with Gasteiger partial charge in [0.25, 0.3) is 10.0 Å². The molecule has 3 rings (SSSR count). The number of amides is 1. The summed E-state index contributed by atoms with van der Waals surface area (Å²) in [5.41, 5.74) is 4.14. The summed E-state index contributed by atoms with van der Waals surface area (Å²) >= 11 is 5.97. The minimum atomic E-state index is -3.85. The van der Waals surface area contributed by atoms with E-state index in [9.17, 15) is 21.6 Å². The molecule has 11 heteroatoms. The van der Waals surface area contributed by atoms with Gasteiger partial charge in [0.05, 0.1) is 22.5 Å². The van der Waals surface area contributed by atoms with E-state index in [1.54, 1.807) is 25.1 Å². The van der Waals surface area contributed by atoms with E-state index in [-0.39, 0.29) is 23.8 Å². The van der Waals surface area contributed by atoms with Crippen LogP contribution in [-0.2, 0) is 24.8 Å². The maximum atomic E-state index is 12.7. The van der Waals surface area contributed by atoms with Gasteiger partial charge in [-0.1, -0.05) is 23.7 Å². The van der Waals surface area contributed by atoms with E-state index in [4.69, 9.17) is 11.6 Å². The maximum absolute atomic E-state index is 12.7. The van der Waals surface area contributed by atoms with E-state index in [1.807, 2.05) is 26.0 Å². The zero-order valence-corrected chi connectivity index (χ0v) is 23.5. The molecule has 0 saturated carbocycles. The van der Waals surface area contributed by atoms with Gasteiger partial charge in [-0.25, -0.2) is 16.8 Å². The fourth-order valence-electron chi connectivity index (χ4n) is 3.60. The molecule has 3 aromatic carbocycles. The van der Waals surface area contributed by atoms with Crippen molar-refractivity contribution in [2.75, 3.05) is 27.1 Å². The Morgan fingerprint density at radius 3 is 2.14 bits per heavy atom. The van der Waals surface area contributed by atoms with Crippen LogP contribution in [0.1, 0.15) is 29.5 Å². The lowest BCUT2D eigenvalue weighted by atomic mass is 10.1. The smallest absolute Gasteiger partial charge is 0.261 e. The van der Waals surface area contributed by atoms with E-state index in [1.165, 1.54) is 34.6 Å². The molecule has 1 amide bonds. The number of sulfonamides is 2.